The van der Waals surface area contributed by atoms with E-state index in [0.717, 1.165) is 22.4 Å². The molecular formula is C24H28N2O5. The summed E-state index contributed by atoms with van der Waals surface area (Å²) < 4.78 is 5.25. The molecule has 1 aliphatic heterocycles. The van der Waals surface area contributed by atoms with E-state index in [4.69, 9.17) is 4.74 Å². The topological polar surface area (TPSA) is 92.8 Å². The van der Waals surface area contributed by atoms with Gasteiger partial charge in [-0.05, 0) is 61.3 Å². The second-order valence-electron chi connectivity index (χ2n) is 9.27. The number of nitrogens with one attached hydrogen (secondary N) is 1. The first-order valence-corrected chi connectivity index (χ1v) is 10.8. The SMILES string of the molecule is Cc1cc(C)cc(NC(=O)COC(=O)[C@H](C(C)C)N2C(=O)[C@H]3[C@H](C2=O)[C@H]2C=C[C@H]3C2)c1. The first-order valence-electron chi connectivity index (χ1n) is 10.8. The zero-order valence-electron chi connectivity index (χ0n) is 18.3. The van der Waals surface area contributed by atoms with Gasteiger partial charge in [-0.1, -0.05) is 32.1 Å². The fourth-order valence-corrected chi connectivity index (χ4v) is 5.34. The lowest BCUT2D eigenvalue weighted by atomic mass is 9.85. The van der Waals surface area contributed by atoms with E-state index in [-0.39, 0.29) is 41.4 Å². The van der Waals surface area contributed by atoms with Gasteiger partial charge in [0.05, 0.1) is 11.8 Å². The molecule has 2 bridgehead atoms. The number of allylic oxidation sites excluding steroid dienone is 2. The van der Waals surface area contributed by atoms with Gasteiger partial charge in [-0.2, -0.15) is 0 Å². The van der Waals surface area contributed by atoms with Crippen LogP contribution < -0.4 is 5.32 Å². The standard InChI is InChI=1S/C24H28N2O5/c1-12(2)21(26-22(28)19-15-5-6-16(10-15)20(19)23(26)29)24(30)31-11-18(27)25-17-8-13(3)7-14(4)9-17/h5-9,12,15-16,19-21H,10-11H2,1-4H3,(H,25,27)/t15-,16-,19+,20+,21-/m0/s1. The highest BCUT2D eigenvalue weighted by molar-refractivity contribution is 6.09. The molecule has 5 atom stereocenters. The first-order chi connectivity index (χ1) is 14.7. The van der Waals surface area contributed by atoms with Crippen LogP contribution in [0.5, 0.6) is 0 Å². The van der Waals surface area contributed by atoms with Gasteiger partial charge in [0.15, 0.2) is 6.61 Å². The lowest BCUT2D eigenvalue weighted by Gasteiger charge is -2.28. The minimum atomic E-state index is -1.03. The predicted octanol–water partition coefficient (Wildman–Crippen LogP) is 2.62. The van der Waals surface area contributed by atoms with E-state index in [9.17, 15) is 19.2 Å². The van der Waals surface area contributed by atoms with Crippen LogP contribution in [0.3, 0.4) is 0 Å². The van der Waals surface area contributed by atoms with Crippen molar-refractivity contribution >= 4 is 29.4 Å². The minimum Gasteiger partial charge on any atom is -0.454 e. The minimum absolute atomic E-state index is 0.0730. The van der Waals surface area contributed by atoms with Crippen LogP contribution in [0.4, 0.5) is 5.69 Å². The van der Waals surface area contributed by atoms with Gasteiger partial charge < -0.3 is 10.1 Å². The maximum atomic E-state index is 13.1. The van der Waals surface area contributed by atoms with Crippen LogP contribution in [0, 0.1) is 43.4 Å². The Morgan fingerprint density at radius 3 is 2.10 bits per heavy atom. The summed E-state index contributed by atoms with van der Waals surface area (Å²) in [5.74, 6) is -2.70. The van der Waals surface area contributed by atoms with Crippen molar-refractivity contribution in [2.24, 2.45) is 29.6 Å². The molecule has 0 aromatic heterocycles. The van der Waals surface area contributed by atoms with E-state index in [1.54, 1.807) is 13.8 Å². The van der Waals surface area contributed by atoms with Crippen molar-refractivity contribution in [2.75, 3.05) is 11.9 Å². The first kappa shape index (κ1) is 21.3. The molecule has 2 aliphatic carbocycles. The van der Waals surface area contributed by atoms with Crippen LogP contribution in [-0.2, 0) is 23.9 Å². The zero-order chi connectivity index (χ0) is 22.4. The number of carbonyl (C=O) groups excluding carboxylic acids is 4. The molecule has 2 fully saturated rings. The number of imide groups is 1. The Morgan fingerprint density at radius 2 is 1.58 bits per heavy atom. The molecule has 0 unspecified atom stereocenters. The molecule has 0 radical (unpaired) electrons. The van der Waals surface area contributed by atoms with Crippen molar-refractivity contribution in [3.63, 3.8) is 0 Å². The van der Waals surface area contributed by atoms with E-state index in [1.807, 2.05) is 44.2 Å². The third-order valence-electron chi connectivity index (χ3n) is 6.51. The number of ether oxygens (including phenoxy) is 1. The van der Waals surface area contributed by atoms with Crippen LogP contribution in [0.25, 0.3) is 0 Å². The average Bonchev–Trinajstić information content (AvgIpc) is 3.35. The van der Waals surface area contributed by atoms with Gasteiger partial charge in [-0.15, -0.1) is 0 Å². The Hall–Kier alpha value is -2.96. The average molecular weight is 424 g/mol. The second-order valence-corrected chi connectivity index (χ2v) is 9.27. The number of aryl methyl sites for hydroxylation is 2. The van der Waals surface area contributed by atoms with Crippen molar-refractivity contribution in [1.82, 2.24) is 4.90 Å². The Labute approximate surface area is 181 Å². The number of hydrogen-bond donors (Lipinski definition) is 1. The number of likely N-dealkylation sites (tertiary alicyclic amines) is 1. The van der Waals surface area contributed by atoms with Gasteiger partial charge in [0.1, 0.15) is 6.04 Å². The number of carbonyl (C=O) groups is 4. The van der Waals surface area contributed by atoms with Crippen LogP contribution in [-0.4, -0.2) is 41.2 Å². The van der Waals surface area contributed by atoms with Gasteiger partial charge in [0.25, 0.3) is 5.91 Å². The summed E-state index contributed by atoms with van der Waals surface area (Å²) in [5, 5.41) is 2.71. The van der Waals surface area contributed by atoms with E-state index in [1.165, 1.54) is 0 Å². The molecule has 4 rings (SSSR count). The fraction of sp³-hybridized carbons (Fsp3) is 0.500. The number of fused-ring (bicyclic) bond motifs is 5. The molecule has 3 aliphatic rings. The van der Waals surface area contributed by atoms with Gasteiger partial charge in [-0.3, -0.25) is 19.3 Å². The van der Waals surface area contributed by atoms with E-state index < -0.39 is 24.5 Å². The highest BCUT2D eigenvalue weighted by atomic mass is 16.5. The molecule has 1 saturated heterocycles. The summed E-state index contributed by atoms with van der Waals surface area (Å²) in [6.07, 6.45) is 4.86. The quantitative estimate of drug-likeness (QED) is 0.431. The Bertz CT molecular complexity index is 932. The summed E-state index contributed by atoms with van der Waals surface area (Å²) in [4.78, 5) is 52.4. The van der Waals surface area contributed by atoms with Gasteiger partial charge in [0, 0.05) is 5.69 Å². The molecule has 1 aromatic rings. The Morgan fingerprint density at radius 1 is 1.03 bits per heavy atom. The molecule has 1 heterocycles. The number of anilines is 1. The van der Waals surface area contributed by atoms with Crippen LogP contribution in [0.1, 0.15) is 31.4 Å². The van der Waals surface area contributed by atoms with Crippen LogP contribution in [0.15, 0.2) is 30.4 Å². The van der Waals surface area contributed by atoms with Gasteiger partial charge in [0.2, 0.25) is 11.8 Å². The van der Waals surface area contributed by atoms with E-state index in [0.29, 0.717) is 5.69 Å². The maximum Gasteiger partial charge on any atom is 0.330 e. The molecule has 1 saturated carbocycles. The summed E-state index contributed by atoms with van der Waals surface area (Å²) in [6, 6.07) is 4.61. The molecule has 1 N–H and O–H groups in total. The Kier molecular flexibility index (Phi) is 5.45. The number of esters is 1. The molecule has 0 spiro atoms. The van der Waals surface area contributed by atoms with Crippen LogP contribution in [0.2, 0.25) is 0 Å². The molecule has 7 heteroatoms. The molecule has 31 heavy (non-hydrogen) atoms. The highest BCUT2D eigenvalue weighted by Crippen LogP contribution is 2.53. The van der Waals surface area contributed by atoms with Gasteiger partial charge in [-0.25, -0.2) is 4.79 Å². The van der Waals surface area contributed by atoms with Crippen LogP contribution >= 0.6 is 0 Å². The number of amides is 3. The number of rotatable bonds is 6. The van der Waals surface area contributed by atoms with Crippen molar-refractivity contribution < 1.29 is 23.9 Å². The normalized spacial score (nSPS) is 27.1. The molecule has 1 aromatic carbocycles. The summed E-state index contributed by atoms with van der Waals surface area (Å²) in [7, 11) is 0. The van der Waals surface area contributed by atoms with Gasteiger partial charge >= 0.3 is 5.97 Å². The monoisotopic (exact) mass is 424 g/mol. The lowest BCUT2D eigenvalue weighted by molar-refractivity contribution is -0.162. The van der Waals surface area contributed by atoms with Crippen molar-refractivity contribution in [3.05, 3.63) is 41.5 Å². The van der Waals surface area contributed by atoms with Crippen molar-refractivity contribution in [1.29, 1.82) is 0 Å². The second kappa shape index (κ2) is 7.94. The van der Waals surface area contributed by atoms with Crippen molar-refractivity contribution in [2.45, 2.75) is 40.2 Å². The smallest absolute Gasteiger partial charge is 0.330 e. The van der Waals surface area contributed by atoms with Crippen molar-refractivity contribution in [3.8, 4) is 0 Å². The third kappa shape index (κ3) is 3.77. The highest BCUT2D eigenvalue weighted by Gasteiger charge is 2.61. The number of nitrogens with zero attached hydrogens (tertiary/aromatic N) is 1. The summed E-state index contributed by atoms with van der Waals surface area (Å²) >= 11 is 0. The maximum absolute atomic E-state index is 13.1. The molecule has 164 valence electrons. The summed E-state index contributed by atoms with van der Waals surface area (Å²) in [6.45, 7) is 6.91. The third-order valence-corrected chi connectivity index (χ3v) is 6.51. The Balaban J connectivity index is 1.42. The van der Waals surface area contributed by atoms with E-state index >= 15 is 0 Å². The molecule has 3 amide bonds. The number of benzene rings is 1. The van der Waals surface area contributed by atoms with E-state index in [2.05, 4.69) is 5.32 Å². The largest absolute Gasteiger partial charge is 0.454 e. The molecular weight excluding hydrogens is 396 g/mol. The fourth-order valence-electron chi connectivity index (χ4n) is 5.34. The molecule has 7 nitrogen and oxygen atoms in total. The zero-order valence-corrected chi connectivity index (χ0v) is 18.3. The predicted molar refractivity (Wildman–Crippen MR) is 114 cm³/mol. The number of hydrogen-bond acceptors (Lipinski definition) is 5. The summed E-state index contributed by atoms with van der Waals surface area (Å²) in [5.41, 5.74) is 2.64. The lowest BCUT2D eigenvalue weighted by Crippen LogP contribution is -2.50.